The lowest BCUT2D eigenvalue weighted by Gasteiger charge is -2.33. The van der Waals surface area contributed by atoms with E-state index in [1.807, 2.05) is 6.08 Å². The monoisotopic (exact) mass is 756 g/mol. The van der Waals surface area contributed by atoms with Crippen molar-refractivity contribution in [2.75, 3.05) is 33.1 Å². The summed E-state index contributed by atoms with van der Waals surface area (Å²) < 4.78 is 76.8. The Hall–Kier alpha value is -3.59. The Morgan fingerprint density at radius 1 is 1.20 bits per heavy atom. The van der Waals surface area contributed by atoms with Crippen LogP contribution in [0.4, 0.5) is 4.39 Å². The van der Waals surface area contributed by atoms with Gasteiger partial charge in [-0.2, -0.15) is 4.31 Å². The number of primary amides is 1. The summed E-state index contributed by atoms with van der Waals surface area (Å²) in [5.74, 6) is -2.02. The van der Waals surface area contributed by atoms with E-state index in [1.165, 1.54) is 13.1 Å². The number of fused-ring (bicyclic) bond motifs is 1. The molecular formula is C30H38FN6O12PS. The first-order chi connectivity index (χ1) is 24.1. The first kappa shape index (κ1) is 37.2. The average molecular weight is 757 g/mol. The number of nitrogens with two attached hydrogens (primary N) is 1. The first-order valence-electron chi connectivity index (χ1n) is 16.0. The zero-order valence-corrected chi connectivity index (χ0v) is 29.2. The van der Waals surface area contributed by atoms with Crippen LogP contribution >= 0.6 is 7.82 Å². The van der Waals surface area contributed by atoms with Crippen LogP contribution in [0.3, 0.4) is 0 Å². The number of rotatable bonds is 14. The van der Waals surface area contributed by atoms with Gasteiger partial charge in [0.15, 0.2) is 6.23 Å². The number of nitrogens with zero attached hydrogens (tertiary/aromatic N) is 4. The molecule has 7 atom stereocenters. The molecule has 21 heteroatoms. The second-order valence-electron chi connectivity index (χ2n) is 12.6. The molecule has 3 aliphatic carbocycles. The van der Waals surface area contributed by atoms with Crippen molar-refractivity contribution in [3.05, 3.63) is 52.1 Å². The molecule has 0 bridgehead atoms. The van der Waals surface area contributed by atoms with Gasteiger partial charge in [-0.3, -0.25) is 18.6 Å². The van der Waals surface area contributed by atoms with Gasteiger partial charge >= 0.3 is 7.82 Å². The number of phosphoric ester groups is 1. The number of phosphoric acid groups is 1. The molecule has 2 amide bonds. The number of furan rings is 1. The predicted molar refractivity (Wildman–Crippen MR) is 174 cm³/mol. The molecule has 1 saturated heterocycles. The molecular weight excluding hydrogens is 718 g/mol. The van der Waals surface area contributed by atoms with Gasteiger partial charge < -0.3 is 35.3 Å². The molecule has 18 nitrogen and oxygen atoms in total. The zero-order valence-electron chi connectivity index (χ0n) is 27.5. The van der Waals surface area contributed by atoms with E-state index >= 15 is 0 Å². The number of hydrogen-bond acceptors (Lipinski definition) is 13. The topological polar surface area (TPSA) is 259 Å². The summed E-state index contributed by atoms with van der Waals surface area (Å²) in [5.41, 5.74) is 6.29. The molecule has 0 aromatic carbocycles. The number of carbonyl (C=O) groups excluding carboxylic acids is 2. The summed E-state index contributed by atoms with van der Waals surface area (Å²) >= 11 is 0. The third kappa shape index (κ3) is 7.93. The lowest BCUT2D eigenvalue weighted by molar-refractivity contribution is -0.0590. The molecule has 2 aromatic rings. The third-order valence-electron chi connectivity index (χ3n) is 9.11. The smallest absolute Gasteiger partial charge is 0.456 e. The summed E-state index contributed by atoms with van der Waals surface area (Å²) in [4.78, 5) is 38.5. The van der Waals surface area contributed by atoms with Crippen molar-refractivity contribution < 1.29 is 60.3 Å². The molecule has 3 heterocycles. The fourth-order valence-electron chi connectivity index (χ4n) is 6.44. The second kappa shape index (κ2) is 14.4. The number of aliphatic hydroxyl groups is 2. The molecule has 4 aliphatic rings. The van der Waals surface area contributed by atoms with Crippen LogP contribution in [0.1, 0.15) is 58.6 Å². The highest BCUT2D eigenvalue weighted by molar-refractivity contribution is 7.88. The Morgan fingerprint density at radius 2 is 1.94 bits per heavy atom. The van der Waals surface area contributed by atoms with E-state index in [2.05, 4.69) is 15.4 Å². The van der Waals surface area contributed by atoms with Crippen molar-refractivity contribution in [2.45, 2.75) is 56.3 Å². The zero-order chi connectivity index (χ0) is 36.8. The van der Waals surface area contributed by atoms with Gasteiger partial charge in [-0.05, 0) is 42.9 Å². The van der Waals surface area contributed by atoms with Crippen molar-refractivity contribution in [1.29, 1.82) is 0 Å². The van der Waals surface area contributed by atoms with E-state index in [4.69, 9.17) is 23.9 Å². The Morgan fingerprint density at radius 3 is 2.55 bits per heavy atom. The van der Waals surface area contributed by atoms with Gasteiger partial charge in [0.1, 0.15) is 41.6 Å². The number of hydrogen-bond donors (Lipinski definition) is 5. The van der Waals surface area contributed by atoms with Gasteiger partial charge in [-0.1, -0.05) is 12.2 Å². The van der Waals surface area contributed by atoms with Crippen molar-refractivity contribution in [1.82, 2.24) is 24.4 Å². The van der Waals surface area contributed by atoms with E-state index in [0.29, 0.717) is 17.2 Å². The number of nitrogens with one attached hydrogen (secondary N) is 1. The molecule has 1 aliphatic heterocycles. The van der Waals surface area contributed by atoms with Crippen LogP contribution in [0.2, 0.25) is 0 Å². The maximum absolute atomic E-state index is 13.8. The number of aromatic nitrogens is 3. The fraction of sp³-hybridized carbons (Fsp3) is 0.533. The Kier molecular flexibility index (Phi) is 10.5. The largest absolute Gasteiger partial charge is 0.472 e. The predicted octanol–water partition coefficient (Wildman–Crippen LogP) is -0.956. The highest BCUT2D eigenvalue weighted by Gasteiger charge is 2.46. The standard InChI is InChI=1S/C30H38FN6O12PS/c1-33-29(41)23-19-11-18(15-3-4-15)20(12-21(19)48-26(23)16-5-7-17(31)8-6-16)37(51(2,44)45)9-10-46-50(42,43)47-13-22-24(38)25(39)30(49-22)36-14-34-28(35-36)27(32)40/h5,7,11-12,14-15,18,20,22,24-25,30,38-39H,3-4,6,8-10,13H2,1-2H3,(H2,32,40)(H,33,41)(H,42,43)/t18?,20?,22-,24-,25-,30-/m1/s1. The van der Waals surface area contributed by atoms with Crippen molar-refractivity contribution >= 4 is 47.4 Å². The Balaban J connectivity index is 1.17. The third-order valence-corrected chi connectivity index (χ3v) is 11.4. The molecule has 51 heavy (non-hydrogen) atoms. The van der Waals surface area contributed by atoms with Crippen LogP contribution in [0.15, 0.2) is 28.7 Å². The number of sulfonamides is 1. The number of carbonyl (C=O) groups is 2. The minimum atomic E-state index is -4.86. The Labute approximate surface area is 290 Å². The van der Waals surface area contributed by atoms with Crippen LogP contribution in [0.5, 0.6) is 0 Å². The fourth-order valence-corrected chi connectivity index (χ4v) is 8.21. The summed E-state index contributed by atoms with van der Waals surface area (Å²) in [6, 6.07) is -0.802. The minimum Gasteiger partial charge on any atom is -0.456 e. The minimum absolute atomic E-state index is 0.0931. The maximum Gasteiger partial charge on any atom is 0.472 e. The van der Waals surface area contributed by atoms with Gasteiger partial charge in [0.25, 0.3) is 11.8 Å². The summed E-state index contributed by atoms with van der Waals surface area (Å²) in [7, 11) is -7.35. The average Bonchev–Trinajstić information content (AvgIpc) is 3.56. The van der Waals surface area contributed by atoms with Crippen molar-refractivity contribution in [3.63, 3.8) is 0 Å². The summed E-state index contributed by atoms with van der Waals surface area (Å²) in [6.45, 7) is -1.68. The van der Waals surface area contributed by atoms with Gasteiger partial charge in [0.05, 0.1) is 31.1 Å². The maximum atomic E-state index is 13.8. The molecule has 2 fully saturated rings. The summed E-state index contributed by atoms with van der Waals surface area (Å²) in [6.07, 6.45) is 4.61. The van der Waals surface area contributed by atoms with Crippen LogP contribution in [-0.2, 0) is 28.4 Å². The number of halogens is 1. The van der Waals surface area contributed by atoms with E-state index in [9.17, 15) is 42.1 Å². The quantitative estimate of drug-likeness (QED) is 0.146. The van der Waals surface area contributed by atoms with E-state index in [1.54, 1.807) is 12.2 Å². The van der Waals surface area contributed by atoms with Crippen molar-refractivity contribution in [2.24, 2.45) is 17.6 Å². The molecule has 278 valence electrons. The van der Waals surface area contributed by atoms with E-state index < -0.39 is 73.5 Å². The SMILES string of the molecule is CNC(=O)c1c(C2=CC=C(F)CC2)oc2c1=CC(C1CC1)C(N(CCOP(=O)(O)OC[C@H]1O[C@@H](n3cnc(C(N)=O)n3)[C@H](O)[C@@H]1O)S(C)(=O)=O)C=2. The molecule has 0 radical (unpaired) electrons. The van der Waals surface area contributed by atoms with Crippen molar-refractivity contribution in [3.8, 4) is 0 Å². The van der Waals surface area contributed by atoms with Crippen LogP contribution in [-0.4, -0.2) is 112 Å². The first-order valence-corrected chi connectivity index (χ1v) is 19.4. The molecule has 6 N–H and O–H groups in total. The molecule has 6 rings (SSSR count). The number of aliphatic hydroxyl groups excluding tert-OH is 2. The second-order valence-corrected chi connectivity index (χ2v) is 16.0. The van der Waals surface area contributed by atoms with Crippen LogP contribution < -0.4 is 21.7 Å². The van der Waals surface area contributed by atoms with Gasteiger partial charge in [0.2, 0.25) is 15.8 Å². The van der Waals surface area contributed by atoms with Gasteiger partial charge in [-0.25, -0.2) is 27.0 Å². The number of amides is 2. The molecule has 2 aromatic heterocycles. The lowest BCUT2D eigenvalue weighted by Crippen LogP contribution is -2.49. The molecule has 0 spiro atoms. The van der Waals surface area contributed by atoms with Gasteiger partial charge in [-0.15, -0.1) is 5.10 Å². The highest BCUT2D eigenvalue weighted by atomic mass is 32.2. The van der Waals surface area contributed by atoms with E-state index in [0.717, 1.165) is 34.4 Å². The lowest BCUT2D eigenvalue weighted by atomic mass is 9.88. The molecule has 3 unspecified atom stereocenters. The van der Waals surface area contributed by atoms with Crippen LogP contribution in [0.25, 0.3) is 17.7 Å². The number of allylic oxidation sites excluding steroid dienone is 4. The van der Waals surface area contributed by atoms with Crippen LogP contribution in [0, 0.1) is 11.8 Å². The summed E-state index contributed by atoms with van der Waals surface area (Å²) in [5, 5.41) is 27.7. The molecule has 1 saturated carbocycles. The Bertz CT molecular complexity index is 2050. The van der Waals surface area contributed by atoms with Gasteiger partial charge in [0, 0.05) is 31.1 Å². The number of ether oxygens (including phenoxy) is 1. The van der Waals surface area contributed by atoms with E-state index in [-0.39, 0.29) is 53.2 Å². The normalized spacial score (nSPS) is 27.5. The highest BCUT2D eigenvalue weighted by Crippen LogP contribution is 2.45.